The van der Waals surface area contributed by atoms with Crippen molar-refractivity contribution in [2.24, 2.45) is 5.92 Å². The third-order valence-corrected chi connectivity index (χ3v) is 4.69. The quantitative estimate of drug-likeness (QED) is 0.784. The summed E-state index contributed by atoms with van der Waals surface area (Å²) in [5.41, 5.74) is 0.999. The minimum atomic E-state index is 0.572. The van der Waals surface area contributed by atoms with Crippen LogP contribution >= 0.6 is 11.6 Å². The van der Waals surface area contributed by atoms with Crippen molar-refractivity contribution < 1.29 is 0 Å². The maximum absolute atomic E-state index is 6.24. The van der Waals surface area contributed by atoms with Gasteiger partial charge in [-0.3, -0.25) is 0 Å². The second-order valence-corrected chi connectivity index (χ2v) is 6.03. The highest BCUT2D eigenvalue weighted by molar-refractivity contribution is 6.30. The first kappa shape index (κ1) is 14.6. The molecule has 1 aliphatic rings. The van der Waals surface area contributed by atoms with E-state index >= 15 is 0 Å². The van der Waals surface area contributed by atoms with Gasteiger partial charge >= 0.3 is 0 Å². The van der Waals surface area contributed by atoms with E-state index in [0.717, 1.165) is 29.5 Å². The number of rotatable bonds is 3. The lowest BCUT2D eigenvalue weighted by Gasteiger charge is -2.37. The highest BCUT2D eigenvalue weighted by atomic mass is 35.5. The zero-order chi connectivity index (χ0) is 14.0. The van der Waals surface area contributed by atoms with Gasteiger partial charge in [-0.2, -0.15) is 0 Å². The van der Waals surface area contributed by atoms with Crippen LogP contribution in [0, 0.1) is 12.8 Å². The number of hydrogen-bond donors (Lipinski definition) is 0. The lowest BCUT2D eigenvalue weighted by atomic mass is 9.85. The zero-order valence-corrected chi connectivity index (χ0v) is 13.2. The average molecular weight is 282 g/mol. The first-order valence-electron chi connectivity index (χ1n) is 7.30. The van der Waals surface area contributed by atoms with Crippen LogP contribution in [0.3, 0.4) is 0 Å². The molecule has 0 saturated heterocycles. The van der Waals surface area contributed by atoms with E-state index in [1.807, 2.05) is 6.92 Å². The number of aryl methyl sites for hydroxylation is 1. The topological polar surface area (TPSA) is 29.0 Å². The van der Waals surface area contributed by atoms with Gasteiger partial charge in [0.15, 0.2) is 0 Å². The molecular formula is C15H24ClN3. The summed E-state index contributed by atoms with van der Waals surface area (Å²) in [6.45, 7) is 6.42. The summed E-state index contributed by atoms with van der Waals surface area (Å²) in [5, 5.41) is 0.595. The molecule has 3 nitrogen and oxygen atoms in total. The van der Waals surface area contributed by atoms with E-state index in [4.69, 9.17) is 16.6 Å². The second kappa shape index (κ2) is 6.08. The van der Waals surface area contributed by atoms with E-state index in [9.17, 15) is 0 Å². The van der Waals surface area contributed by atoms with Crippen molar-refractivity contribution in [3.05, 3.63) is 16.5 Å². The predicted molar refractivity (Wildman–Crippen MR) is 81.0 cm³/mol. The minimum Gasteiger partial charge on any atom is -0.356 e. The largest absolute Gasteiger partial charge is 0.356 e. The summed E-state index contributed by atoms with van der Waals surface area (Å²) in [4.78, 5) is 11.3. The fourth-order valence-corrected chi connectivity index (χ4v) is 3.23. The molecule has 0 N–H and O–H groups in total. The molecule has 2 unspecified atom stereocenters. The summed E-state index contributed by atoms with van der Waals surface area (Å²) in [6.07, 6.45) is 6.06. The molecule has 1 aliphatic carbocycles. The first-order valence-corrected chi connectivity index (χ1v) is 7.68. The molecule has 2 atom stereocenters. The molecule has 1 aromatic heterocycles. The van der Waals surface area contributed by atoms with Gasteiger partial charge in [-0.1, -0.05) is 38.3 Å². The van der Waals surface area contributed by atoms with Gasteiger partial charge < -0.3 is 4.90 Å². The molecule has 0 spiro atoms. The summed E-state index contributed by atoms with van der Waals surface area (Å²) < 4.78 is 0. The molecule has 1 aromatic rings. The first-order chi connectivity index (χ1) is 9.04. The van der Waals surface area contributed by atoms with Crippen molar-refractivity contribution in [2.45, 2.75) is 58.9 Å². The summed E-state index contributed by atoms with van der Waals surface area (Å²) in [5.74, 6) is 2.56. The van der Waals surface area contributed by atoms with Gasteiger partial charge in [-0.25, -0.2) is 9.97 Å². The summed E-state index contributed by atoms with van der Waals surface area (Å²) in [7, 11) is 2.15. The van der Waals surface area contributed by atoms with Gasteiger partial charge in [0, 0.05) is 25.1 Å². The van der Waals surface area contributed by atoms with Crippen LogP contribution in [-0.4, -0.2) is 23.1 Å². The van der Waals surface area contributed by atoms with Crippen molar-refractivity contribution in [1.82, 2.24) is 9.97 Å². The van der Waals surface area contributed by atoms with E-state index < -0.39 is 0 Å². The van der Waals surface area contributed by atoms with Crippen molar-refractivity contribution in [1.29, 1.82) is 0 Å². The standard InChI is InChI=1S/C15H24ClN3/c1-5-13-17-14(16)11(3)15(18-13)19(4)12-9-7-6-8-10(12)2/h10,12H,5-9H2,1-4H3. The molecule has 1 saturated carbocycles. The lowest BCUT2D eigenvalue weighted by Crippen LogP contribution is -2.40. The van der Waals surface area contributed by atoms with Crippen LogP contribution in [0.15, 0.2) is 0 Å². The Hall–Kier alpha value is -0.830. The highest BCUT2D eigenvalue weighted by Gasteiger charge is 2.27. The van der Waals surface area contributed by atoms with Gasteiger partial charge in [-0.05, 0) is 25.7 Å². The van der Waals surface area contributed by atoms with E-state index in [0.29, 0.717) is 11.2 Å². The number of hydrogen-bond acceptors (Lipinski definition) is 3. The van der Waals surface area contributed by atoms with Crippen LogP contribution in [0.4, 0.5) is 5.82 Å². The van der Waals surface area contributed by atoms with E-state index in [-0.39, 0.29) is 0 Å². The monoisotopic (exact) mass is 281 g/mol. The number of anilines is 1. The molecular weight excluding hydrogens is 258 g/mol. The van der Waals surface area contributed by atoms with Crippen LogP contribution in [0.25, 0.3) is 0 Å². The summed E-state index contributed by atoms with van der Waals surface area (Å²) in [6, 6.07) is 0.572. The summed E-state index contributed by atoms with van der Waals surface area (Å²) >= 11 is 6.24. The molecule has 0 radical (unpaired) electrons. The minimum absolute atomic E-state index is 0.572. The Morgan fingerprint density at radius 2 is 1.95 bits per heavy atom. The predicted octanol–water partition coefficient (Wildman–Crippen LogP) is 4.02. The Labute approximate surface area is 121 Å². The van der Waals surface area contributed by atoms with E-state index in [1.54, 1.807) is 0 Å². The van der Waals surface area contributed by atoms with Gasteiger partial charge in [0.05, 0.1) is 0 Å². The third-order valence-electron chi connectivity index (χ3n) is 4.32. The fraction of sp³-hybridized carbons (Fsp3) is 0.733. The molecule has 0 aromatic carbocycles. The van der Waals surface area contributed by atoms with Crippen molar-refractivity contribution in [3.8, 4) is 0 Å². The molecule has 0 bridgehead atoms. The normalized spacial score (nSPS) is 23.4. The van der Waals surface area contributed by atoms with Gasteiger partial charge in [-0.15, -0.1) is 0 Å². The van der Waals surface area contributed by atoms with Gasteiger partial charge in [0.2, 0.25) is 0 Å². The Kier molecular flexibility index (Phi) is 4.67. The van der Waals surface area contributed by atoms with Crippen molar-refractivity contribution in [3.63, 3.8) is 0 Å². The molecule has 106 valence electrons. The van der Waals surface area contributed by atoms with E-state index in [2.05, 4.69) is 30.8 Å². The molecule has 0 amide bonds. The van der Waals surface area contributed by atoms with Crippen molar-refractivity contribution in [2.75, 3.05) is 11.9 Å². The Bertz CT molecular complexity index is 447. The van der Waals surface area contributed by atoms with Gasteiger partial charge in [0.25, 0.3) is 0 Å². The second-order valence-electron chi connectivity index (χ2n) is 5.67. The Balaban J connectivity index is 2.31. The van der Waals surface area contributed by atoms with Crippen LogP contribution in [0.1, 0.15) is 50.9 Å². The maximum atomic E-state index is 6.24. The molecule has 2 rings (SSSR count). The smallest absolute Gasteiger partial charge is 0.137 e. The van der Waals surface area contributed by atoms with Crippen LogP contribution in [0.2, 0.25) is 5.15 Å². The van der Waals surface area contributed by atoms with Crippen LogP contribution in [0.5, 0.6) is 0 Å². The Morgan fingerprint density at radius 3 is 2.58 bits per heavy atom. The molecule has 0 aliphatic heterocycles. The van der Waals surface area contributed by atoms with E-state index in [1.165, 1.54) is 25.7 Å². The number of nitrogens with zero attached hydrogens (tertiary/aromatic N) is 3. The maximum Gasteiger partial charge on any atom is 0.137 e. The zero-order valence-electron chi connectivity index (χ0n) is 12.4. The highest BCUT2D eigenvalue weighted by Crippen LogP contribution is 2.32. The van der Waals surface area contributed by atoms with Gasteiger partial charge in [0.1, 0.15) is 16.8 Å². The number of aromatic nitrogens is 2. The average Bonchev–Trinajstić information content (AvgIpc) is 2.41. The number of halogens is 1. The Morgan fingerprint density at radius 1 is 1.26 bits per heavy atom. The molecule has 1 heterocycles. The lowest BCUT2D eigenvalue weighted by molar-refractivity contribution is 0.320. The SMILES string of the molecule is CCc1nc(Cl)c(C)c(N(C)C2CCCCC2C)n1. The van der Waals surface area contributed by atoms with Crippen LogP contribution in [-0.2, 0) is 6.42 Å². The molecule has 19 heavy (non-hydrogen) atoms. The van der Waals surface area contributed by atoms with Crippen LogP contribution < -0.4 is 4.90 Å². The van der Waals surface area contributed by atoms with Crippen molar-refractivity contribution >= 4 is 17.4 Å². The third kappa shape index (κ3) is 3.02. The fourth-order valence-electron chi connectivity index (χ4n) is 3.05. The molecule has 4 heteroatoms. The molecule has 1 fully saturated rings.